The molecule has 0 amide bonds. The van der Waals surface area contributed by atoms with E-state index in [0.717, 1.165) is 27.7 Å². The summed E-state index contributed by atoms with van der Waals surface area (Å²) < 4.78 is 19.4. The van der Waals surface area contributed by atoms with Gasteiger partial charge in [0.25, 0.3) is 0 Å². The number of ether oxygens (including phenoxy) is 1. The molecule has 0 spiro atoms. The second kappa shape index (κ2) is 7.45. The normalized spacial score (nSPS) is 11.3. The Balaban J connectivity index is 2.33. The number of nitrogens with one attached hydrogen (secondary N) is 1. The van der Waals surface area contributed by atoms with Crippen LogP contribution in [-0.2, 0) is 17.9 Å². The number of benzene rings is 1. The Kier molecular flexibility index (Phi) is 5.87. The largest absolute Gasteiger partial charge is 0.378 e. The van der Waals surface area contributed by atoms with Gasteiger partial charge in [-0.15, -0.1) is 11.3 Å². The van der Waals surface area contributed by atoms with E-state index in [4.69, 9.17) is 4.74 Å². The highest BCUT2D eigenvalue weighted by Gasteiger charge is 2.14. The summed E-state index contributed by atoms with van der Waals surface area (Å²) in [6, 6.07) is 5.21. The predicted octanol–water partition coefficient (Wildman–Crippen LogP) is 4.36. The zero-order chi connectivity index (χ0) is 15.4. The molecular weight excluding hydrogens is 355 g/mol. The maximum Gasteiger partial charge on any atom is 0.125 e. The van der Waals surface area contributed by atoms with Gasteiger partial charge in [-0.25, -0.2) is 9.37 Å². The van der Waals surface area contributed by atoms with Crippen LogP contribution in [-0.4, -0.2) is 18.1 Å². The zero-order valence-electron chi connectivity index (χ0n) is 12.2. The summed E-state index contributed by atoms with van der Waals surface area (Å²) in [7, 11) is 1.65. The summed E-state index contributed by atoms with van der Waals surface area (Å²) in [5.74, 6) is -0.273. The molecule has 0 aliphatic carbocycles. The van der Waals surface area contributed by atoms with Crippen LogP contribution < -0.4 is 5.32 Å². The fraction of sp³-hybridized carbons (Fsp3) is 0.400. The lowest BCUT2D eigenvalue weighted by molar-refractivity contribution is 0.181. The molecule has 1 aromatic heterocycles. The Morgan fingerprint density at radius 2 is 2.14 bits per heavy atom. The van der Waals surface area contributed by atoms with Crippen molar-refractivity contribution in [2.45, 2.75) is 33.0 Å². The highest BCUT2D eigenvalue weighted by atomic mass is 79.9. The Hall–Kier alpha value is -0.820. The lowest BCUT2D eigenvalue weighted by Gasteiger charge is -2.07. The van der Waals surface area contributed by atoms with Gasteiger partial charge in [-0.1, -0.05) is 29.8 Å². The zero-order valence-corrected chi connectivity index (χ0v) is 14.6. The van der Waals surface area contributed by atoms with Crippen molar-refractivity contribution < 1.29 is 9.13 Å². The Labute approximate surface area is 136 Å². The molecule has 1 heterocycles. The van der Waals surface area contributed by atoms with Gasteiger partial charge in [0.15, 0.2) is 0 Å². The van der Waals surface area contributed by atoms with Gasteiger partial charge in [0.2, 0.25) is 0 Å². The van der Waals surface area contributed by atoms with Gasteiger partial charge in [-0.05, 0) is 18.2 Å². The molecule has 21 heavy (non-hydrogen) atoms. The molecule has 0 unspecified atom stereocenters. The molecule has 114 valence electrons. The fourth-order valence-electron chi connectivity index (χ4n) is 1.87. The van der Waals surface area contributed by atoms with Crippen LogP contribution in [0.3, 0.4) is 0 Å². The average molecular weight is 373 g/mol. The molecule has 1 aromatic carbocycles. The van der Waals surface area contributed by atoms with Crippen LogP contribution in [0.15, 0.2) is 22.7 Å². The summed E-state index contributed by atoms with van der Waals surface area (Å²) in [6.07, 6.45) is 0. The van der Waals surface area contributed by atoms with Crippen molar-refractivity contribution in [3.63, 3.8) is 0 Å². The lowest BCUT2D eigenvalue weighted by Crippen LogP contribution is -2.21. The van der Waals surface area contributed by atoms with Crippen molar-refractivity contribution in [1.82, 2.24) is 10.3 Å². The van der Waals surface area contributed by atoms with E-state index in [1.165, 1.54) is 12.1 Å². The molecule has 0 saturated heterocycles. The minimum absolute atomic E-state index is 0.273. The maximum absolute atomic E-state index is 13.5. The van der Waals surface area contributed by atoms with Crippen LogP contribution in [0, 0.1) is 5.82 Å². The third-order valence-corrected chi connectivity index (χ3v) is 4.44. The van der Waals surface area contributed by atoms with Crippen molar-refractivity contribution in [3.05, 3.63) is 39.1 Å². The Morgan fingerprint density at radius 3 is 2.76 bits per heavy atom. The van der Waals surface area contributed by atoms with Crippen molar-refractivity contribution in [3.8, 4) is 10.6 Å². The van der Waals surface area contributed by atoms with Gasteiger partial charge in [0.05, 0.1) is 12.3 Å². The van der Waals surface area contributed by atoms with Gasteiger partial charge in [-0.2, -0.15) is 0 Å². The van der Waals surface area contributed by atoms with Crippen molar-refractivity contribution in [1.29, 1.82) is 0 Å². The smallest absolute Gasteiger partial charge is 0.125 e. The summed E-state index contributed by atoms with van der Waals surface area (Å²) in [4.78, 5) is 5.72. The van der Waals surface area contributed by atoms with Gasteiger partial charge in [0.1, 0.15) is 10.8 Å². The molecule has 0 saturated carbocycles. The summed E-state index contributed by atoms with van der Waals surface area (Å²) in [5, 5.41) is 4.19. The predicted molar refractivity (Wildman–Crippen MR) is 87.9 cm³/mol. The topological polar surface area (TPSA) is 34.1 Å². The first-order chi connectivity index (χ1) is 9.99. The van der Waals surface area contributed by atoms with Crippen LogP contribution in [0.4, 0.5) is 4.39 Å². The standard InChI is InChI=1S/C15H18BrFN2OS/c1-9(2)18-7-14-13(8-20-3)19-15(21-14)10-4-11(16)6-12(17)5-10/h4-6,9,18H,7-8H2,1-3H3. The summed E-state index contributed by atoms with van der Waals surface area (Å²) >= 11 is 4.89. The second-order valence-electron chi connectivity index (χ2n) is 5.02. The monoisotopic (exact) mass is 372 g/mol. The Bertz CT molecular complexity index is 595. The van der Waals surface area contributed by atoms with Gasteiger partial charge in [0, 0.05) is 34.6 Å². The highest BCUT2D eigenvalue weighted by Crippen LogP contribution is 2.31. The number of thiazole rings is 1. The third-order valence-electron chi connectivity index (χ3n) is 2.84. The van der Waals surface area contributed by atoms with Gasteiger partial charge < -0.3 is 10.1 Å². The van der Waals surface area contributed by atoms with E-state index in [1.54, 1.807) is 18.4 Å². The first kappa shape index (κ1) is 16.5. The van der Waals surface area contributed by atoms with E-state index in [1.807, 2.05) is 6.07 Å². The first-order valence-electron chi connectivity index (χ1n) is 6.67. The molecule has 1 N–H and O–H groups in total. The van der Waals surface area contributed by atoms with Crippen molar-refractivity contribution in [2.75, 3.05) is 7.11 Å². The number of hydrogen-bond acceptors (Lipinski definition) is 4. The Morgan fingerprint density at radius 1 is 1.38 bits per heavy atom. The number of nitrogens with zero attached hydrogens (tertiary/aromatic N) is 1. The number of rotatable bonds is 6. The van der Waals surface area contributed by atoms with E-state index in [0.29, 0.717) is 17.1 Å². The number of hydrogen-bond donors (Lipinski definition) is 1. The van der Waals surface area contributed by atoms with Crippen LogP contribution in [0.5, 0.6) is 0 Å². The van der Waals surface area contributed by atoms with E-state index in [9.17, 15) is 4.39 Å². The highest BCUT2D eigenvalue weighted by molar-refractivity contribution is 9.10. The fourth-order valence-corrected chi connectivity index (χ4v) is 3.34. The molecular formula is C15H18BrFN2OS. The van der Waals surface area contributed by atoms with Crippen molar-refractivity contribution >= 4 is 27.3 Å². The molecule has 0 radical (unpaired) electrons. The minimum Gasteiger partial charge on any atom is -0.378 e. The number of methoxy groups -OCH3 is 1. The van der Waals surface area contributed by atoms with E-state index >= 15 is 0 Å². The van der Waals surface area contributed by atoms with Crippen LogP contribution in [0.2, 0.25) is 0 Å². The lowest BCUT2D eigenvalue weighted by atomic mass is 10.2. The van der Waals surface area contributed by atoms with E-state index in [-0.39, 0.29) is 5.82 Å². The minimum atomic E-state index is -0.273. The quantitative estimate of drug-likeness (QED) is 0.817. The van der Waals surface area contributed by atoms with Crippen LogP contribution >= 0.6 is 27.3 Å². The van der Waals surface area contributed by atoms with Crippen molar-refractivity contribution in [2.24, 2.45) is 0 Å². The average Bonchev–Trinajstić information content (AvgIpc) is 2.79. The summed E-state index contributed by atoms with van der Waals surface area (Å²) in [6.45, 7) is 5.40. The molecule has 6 heteroatoms. The molecule has 0 aliphatic heterocycles. The van der Waals surface area contributed by atoms with Crippen LogP contribution in [0.25, 0.3) is 10.6 Å². The SMILES string of the molecule is COCc1nc(-c2cc(F)cc(Br)c2)sc1CNC(C)C. The molecule has 0 atom stereocenters. The third kappa shape index (κ3) is 4.57. The number of halogens is 2. The molecule has 2 rings (SSSR count). The summed E-state index contributed by atoms with van der Waals surface area (Å²) in [5.41, 5.74) is 1.69. The van der Waals surface area contributed by atoms with Gasteiger partial charge in [-0.3, -0.25) is 0 Å². The first-order valence-corrected chi connectivity index (χ1v) is 8.28. The van der Waals surface area contributed by atoms with Crippen LogP contribution in [0.1, 0.15) is 24.4 Å². The molecule has 0 fully saturated rings. The maximum atomic E-state index is 13.5. The van der Waals surface area contributed by atoms with Gasteiger partial charge >= 0.3 is 0 Å². The van der Waals surface area contributed by atoms with E-state index in [2.05, 4.69) is 40.1 Å². The van der Waals surface area contributed by atoms with E-state index < -0.39 is 0 Å². The molecule has 3 nitrogen and oxygen atoms in total. The number of aromatic nitrogens is 1. The second-order valence-corrected chi connectivity index (χ2v) is 7.01. The molecule has 0 bridgehead atoms. The molecule has 0 aliphatic rings. The molecule has 2 aromatic rings.